The molecule has 0 atom stereocenters. The van der Waals surface area contributed by atoms with E-state index >= 15 is 0 Å². The molecule has 0 spiro atoms. The van der Waals surface area contributed by atoms with E-state index in [0.29, 0.717) is 31.0 Å². The largest absolute Gasteiger partial charge is 0.383 e. The van der Waals surface area contributed by atoms with E-state index in [1.54, 1.807) is 49.5 Å². The van der Waals surface area contributed by atoms with Crippen LogP contribution in [0, 0.1) is 10.1 Å². The lowest BCUT2D eigenvalue weighted by molar-refractivity contribution is -0.383. The third-order valence-electron chi connectivity index (χ3n) is 3.86. The van der Waals surface area contributed by atoms with Crippen LogP contribution in [0.15, 0.2) is 47.3 Å². The quantitative estimate of drug-likeness (QED) is 0.378. The minimum absolute atomic E-state index is 0.0889. The molecule has 142 valence electrons. The van der Waals surface area contributed by atoms with Crippen molar-refractivity contribution in [3.8, 4) is 0 Å². The number of aromatic nitrogens is 1. The van der Waals surface area contributed by atoms with Crippen LogP contribution in [-0.4, -0.2) is 22.7 Å². The van der Waals surface area contributed by atoms with Crippen molar-refractivity contribution in [1.82, 2.24) is 4.98 Å². The number of carbonyl (C=O) groups is 1. The zero-order valence-electron chi connectivity index (χ0n) is 14.6. The first-order chi connectivity index (χ1) is 13.4. The SMILES string of the molecule is CNc1ccc(/C=c2\s/c(=C\C(=O)c3ccc(Cl)cc3)[nH]c2=O)cc1[N+](=O)[O-]. The molecule has 2 N–H and O–H groups in total. The second-order valence-electron chi connectivity index (χ2n) is 5.73. The van der Waals surface area contributed by atoms with Gasteiger partial charge in [0.15, 0.2) is 5.78 Å². The number of nitro benzene ring substituents is 1. The van der Waals surface area contributed by atoms with Gasteiger partial charge in [0.2, 0.25) is 0 Å². The number of ketones is 1. The number of rotatable bonds is 5. The van der Waals surface area contributed by atoms with Crippen LogP contribution in [-0.2, 0) is 0 Å². The number of benzene rings is 2. The van der Waals surface area contributed by atoms with Gasteiger partial charge in [0.1, 0.15) is 5.69 Å². The van der Waals surface area contributed by atoms with Crippen molar-refractivity contribution in [3.05, 3.63) is 88.3 Å². The number of Topliss-reactive ketones (excluding diaryl/α,β-unsaturated/α-hetero) is 1. The third-order valence-corrected chi connectivity index (χ3v) is 5.07. The summed E-state index contributed by atoms with van der Waals surface area (Å²) in [5, 5.41) is 14.4. The average molecular weight is 416 g/mol. The lowest BCUT2D eigenvalue weighted by Gasteiger charge is -2.02. The number of thiazole rings is 1. The van der Waals surface area contributed by atoms with Crippen molar-refractivity contribution in [2.24, 2.45) is 0 Å². The second-order valence-corrected chi connectivity index (χ2v) is 7.25. The summed E-state index contributed by atoms with van der Waals surface area (Å²) in [5.74, 6) is -0.269. The van der Waals surface area contributed by atoms with Crippen LogP contribution in [0.1, 0.15) is 15.9 Å². The van der Waals surface area contributed by atoms with Crippen molar-refractivity contribution in [2.45, 2.75) is 0 Å². The number of nitrogens with zero attached hydrogens (tertiary/aromatic N) is 1. The third kappa shape index (κ3) is 4.36. The van der Waals surface area contributed by atoms with Gasteiger partial charge in [0.25, 0.3) is 11.2 Å². The minimum Gasteiger partial charge on any atom is -0.383 e. The molecule has 0 saturated carbocycles. The van der Waals surface area contributed by atoms with Crippen LogP contribution in [0.3, 0.4) is 0 Å². The van der Waals surface area contributed by atoms with E-state index in [4.69, 9.17) is 11.6 Å². The van der Waals surface area contributed by atoms with Gasteiger partial charge in [-0.15, -0.1) is 11.3 Å². The molecule has 0 fully saturated rings. The molecule has 0 aliphatic heterocycles. The highest BCUT2D eigenvalue weighted by Gasteiger charge is 2.12. The highest BCUT2D eigenvalue weighted by Crippen LogP contribution is 2.25. The minimum atomic E-state index is -0.494. The summed E-state index contributed by atoms with van der Waals surface area (Å²) in [5.41, 5.74) is 0.871. The molecule has 0 aliphatic carbocycles. The Kier molecular flexibility index (Phi) is 5.72. The van der Waals surface area contributed by atoms with Crippen molar-refractivity contribution >= 4 is 52.2 Å². The van der Waals surface area contributed by atoms with E-state index in [9.17, 15) is 19.7 Å². The summed E-state index contributed by atoms with van der Waals surface area (Å²) in [6, 6.07) is 11.0. The highest BCUT2D eigenvalue weighted by atomic mass is 35.5. The monoisotopic (exact) mass is 415 g/mol. The molecule has 3 aromatic rings. The Morgan fingerprint density at radius 3 is 2.61 bits per heavy atom. The second kappa shape index (κ2) is 8.20. The lowest BCUT2D eigenvalue weighted by Crippen LogP contribution is -2.20. The summed E-state index contributed by atoms with van der Waals surface area (Å²) in [4.78, 5) is 37.8. The Morgan fingerprint density at radius 1 is 1.25 bits per heavy atom. The fourth-order valence-corrected chi connectivity index (χ4v) is 3.50. The molecule has 3 rings (SSSR count). The number of carbonyl (C=O) groups excluding carboxylic acids is 1. The van der Waals surface area contributed by atoms with E-state index in [-0.39, 0.29) is 17.0 Å². The average Bonchev–Trinajstić information content (AvgIpc) is 3.00. The Morgan fingerprint density at radius 2 is 1.96 bits per heavy atom. The van der Waals surface area contributed by atoms with Gasteiger partial charge in [-0.1, -0.05) is 17.7 Å². The number of aromatic amines is 1. The first-order valence-electron chi connectivity index (χ1n) is 8.06. The molecule has 1 aromatic heterocycles. The molecule has 0 saturated heterocycles. The van der Waals surface area contributed by atoms with Crippen LogP contribution in [0.4, 0.5) is 11.4 Å². The number of hydrogen-bond donors (Lipinski definition) is 2. The topological polar surface area (TPSA) is 105 Å². The fraction of sp³-hybridized carbons (Fsp3) is 0.0526. The zero-order valence-corrected chi connectivity index (χ0v) is 16.1. The molecule has 28 heavy (non-hydrogen) atoms. The van der Waals surface area contributed by atoms with Crippen molar-refractivity contribution in [1.29, 1.82) is 0 Å². The van der Waals surface area contributed by atoms with Gasteiger partial charge in [-0.25, -0.2) is 0 Å². The zero-order chi connectivity index (χ0) is 20.3. The summed E-state index contributed by atoms with van der Waals surface area (Å²) >= 11 is 6.90. The van der Waals surface area contributed by atoms with Crippen LogP contribution in [0.2, 0.25) is 5.02 Å². The van der Waals surface area contributed by atoms with E-state index in [1.165, 1.54) is 12.1 Å². The van der Waals surface area contributed by atoms with Crippen molar-refractivity contribution in [2.75, 3.05) is 12.4 Å². The van der Waals surface area contributed by atoms with Gasteiger partial charge in [0.05, 0.1) is 14.1 Å². The Hall–Kier alpha value is -3.23. The van der Waals surface area contributed by atoms with Gasteiger partial charge in [-0.05, 0) is 42.0 Å². The van der Waals surface area contributed by atoms with Gasteiger partial charge in [-0.3, -0.25) is 19.7 Å². The van der Waals surface area contributed by atoms with E-state index in [0.717, 1.165) is 11.3 Å². The number of H-pyrrole nitrogens is 1. The van der Waals surface area contributed by atoms with Crippen molar-refractivity contribution in [3.63, 3.8) is 0 Å². The van der Waals surface area contributed by atoms with Crippen LogP contribution in [0.5, 0.6) is 0 Å². The van der Waals surface area contributed by atoms with Gasteiger partial charge in [0, 0.05) is 29.8 Å². The number of anilines is 1. The van der Waals surface area contributed by atoms with E-state index in [1.807, 2.05) is 0 Å². The smallest absolute Gasteiger partial charge is 0.292 e. The summed E-state index contributed by atoms with van der Waals surface area (Å²) in [6.07, 6.45) is 2.87. The summed E-state index contributed by atoms with van der Waals surface area (Å²) in [7, 11) is 1.59. The predicted octanol–water partition coefficient (Wildman–Crippen LogP) is 2.53. The van der Waals surface area contributed by atoms with Crippen molar-refractivity contribution < 1.29 is 9.72 Å². The molecule has 0 aliphatic rings. The normalized spacial score (nSPS) is 12.2. The predicted molar refractivity (Wildman–Crippen MR) is 111 cm³/mol. The molecule has 0 bridgehead atoms. The van der Waals surface area contributed by atoms with Gasteiger partial charge >= 0.3 is 0 Å². The fourth-order valence-electron chi connectivity index (χ4n) is 2.49. The Bertz CT molecular complexity index is 1230. The number of nitro groups is 1. The van der Waals surface area contributed by atoms with Gasteiger partial charge in [-0.2, -0.15) is 0 Å². The summed E-state index contributed by atoms with van der Waals surface area (Å²) < 4.78 is 0.721. The standard InChI is InChI=1S/C19H14ClN3O4S/c1-21-14-7-2-11(8-15(14)23(26)27)9-17-19(25)22-18(28-17)10-16(24)12-3-5-13(20)6-4-12/h2-10,21H,1H3,(H,22,25)/b17-9-,18-10-. The van der Waals surface area contributed by atoms with E-state index < -0.39 is 4.92 Å². The molecule has 1 heterocycles. The molecular formula is C19H14ClN3O4S. The van der Waals surface area contributed by atoms with Crippen LogP contribution in [0.25, 0.3) is 12.2 Å². The first kappa shape index (κ1) is 19.5. The molecular weight excluding hydrogens is 402 g/mol. The molecule has 2 aromatic carbocycles. The maximum Gasteiger partial charge on any atom is 0.292 e. The van der Waals surface area contributed by atoms with Crippen LogP contribution >= 0.6 is 22.9 Å². The van der Waals surface area contributed by atoms with Crippen LogP contribution < -0.4 is 20.1 Å². The molecule has 0 amide bonds. The lowest BCUT2D eigenvalue weighted by atomic mass is 10.1. The maximum atomic E-state index is 12.3. The first-order valence-corrected chi connectivity index (χ1v) is 9.25. The Balaban J connectivity index is 1.99. The molecule has 0 unspecified atom stereocenters. The maximum absolute atomic E-state index is 12.3. The molecule has 0 radical (unpaired) electrons. The van der Waals surface area contributed by atoms with Gasteiger partial charge < -0.3 is 10.3 Å². The number of nitrogens with one attached hydrogen (secondary N) is 2. The highest BCUT2D eigenvalue weighted by molar-refractivity contribution is 7.07. The summed E-state index contributed by atoms with van der Waals surface area (Å²) in [6.45, 7) is 0. The molecule has 7 nitrogen and oxygen atoms in total. The number of halogens is 1. The molecule has 9 heteroatoms. The Labute approximate surface area is 167 Å². The number of hydrogen-bond acceptors (Lipinski definition) is 6. The van der Waals surface area contributed by atoms with E-state index in [2.05, 4.69) is 10.3 Å².